The SMILES string of the molecule is Cc1ccsc1C1CCCCC1Br. The monoisotopic (exact) mass is 258 g/mol. The Morgan fingerprint density at radius 2 is 2.15 bits per heavy atom. The molecule has 1 aromatic heterocycles. The van der Waals surface area contributed by atoms with Crippen LogP contribution >= 0.6 is 27.3 Å². The fourth-order valence-corrected chi connectivity index (χ4v) is 4.30. The van der Waals surface area contributed by atoms with Gasteiger partial charge in [-0.3, -0.25) is 0 Å². The average molecular weight is 259 g/mol. The molecular formula is C11H15BrS. The lowest BCUT2D eigenvalue weighted by Gasteiger charge is -2.27. The van der Waals surface area contributed by atoms with Crippen molar-refractivity contribution >= 4 is 27.3 Å². The van der Waals surface area contributed by atoms with E-state index >= 15 is 0 Å². The van der Waals surface area contributed by atoms with Gasteiger partial charge in [0.15, 0.2) is 0 Å². The number of alkyl halides is 1. The number of hydrogen-bond acceptors (Lipinski definition) is 1. The van der Waals surface area contributed by atoms with Gasteiger partial charge in [-0.15, -0.1) is 11.3 Å². The lowest BCUT2D eigenvalue weighted by atomic mass is 9.87. The van der Waals surface area contributed by atoms with Crippen LogP contribution in [0.5, 0.6) is 0 Å². The molecule has 2 rings (SSSR count). The van der Waals surface area contributed by atoms with E-state index in [1.807, 2.05) is 11.3 Å². The highest BCUT2D eigenvalue weighted by atomic mass is 79.9. The van der Waals surface area contributed by atoms with Gasteiger partial charge in [0.25, 0.3) is 0 Å². The van der Waals surface area contributed by atoms with Crippen LogP contribution in [-0.4, -0.2) is 4.83 Å². The van der Waals surface area contributed by atoms with Crippen LogP contribution in [-0.2, 0) is 0 Å². The molecule has 0 saturated heterocycles. The summed E-state index contributed by atoms with van der Waals surface area (Å²) >= 11 is 5.75. The maximum atomic E-state index is 3.82. The van der Waals surface area contributed by atoms with Crippen LogP contribution in [0.3, 0.4) is 0 Å². The third-order valence-electron chi connectivity index (χ3n) is 2.92. The molecule has 0 amide bonds. The highest BCUT2D eigenvalue weighted by Crippen LogP contribution is 2.40. The zero-order valence-electron chi connectivity index (χ0n) is 7.92. The van der Waals surface area contributed by atoms with Gasteiger partial charge in [0.2, 0.25) is 0 Å². The van der Waals surface area contributed by atoms with Crippen LogP contribution in [0, 0.1) is 6.92 Å². The molecule has 0 aromatic carbocycles. The van der Waals surface area contributed by atoms with Crippen molar-refractivity contribution in [2.45, 2.75) is 43.4 Å². The van der Waals surface area contributed by atoms with Crippen molar-refractivity contribution in [1.82, 2.24) is 0 Å². The molecule has 0 N–H and O–H groups in total. The van der Waals surface area contributed by atoms with E-state index in [9.17, 15) is 0 Å². The van der Waals surface area contributed by atoms with Crippen molar-refractivity contribution < 1.29 is 0 Å². The Balaban J connectivity index is 2.19. The van der Waals surface area contributed by atoms with E-state index in [-0.39, 0.29) is 0 Å². The summed E-state index contributed by atoms with van der Waals surface area (Å²) in [6.07, 6.45) is 5.53. The Hall–Kier alpha value is 0.180. The Bertz CT molecular complexity index is 279. The maximum Gasteiger partial charge on any atom is 0.0222 e. The molecule has 13 heavy (non-hydrogen) atoms. The normalized spacial score (nSPS) is 29.1. The third kappa shape index (κ3) is 1.99. The molecule has 0 radical (unpaired) electrons. The lowest BCUT2D eigenvalue weighted by molar-refractivity contribution is 0.464. The summed E-state index contributed by atoms with van der Waals surface area (Å²) in [5.74, 6) is 0.786. The molecule has 2 atom stereocenters. The molecule has 0 spiro atoms. The molecule has 0 aliphatic heterocycles. The van der Waals surface area contributed by atoms with Gasteiger partial charge in [0.1, 0.15) is 0 Å². The standard InChI is InChI=1S/C11H15BrS/c1-8-6-7-13-11(8)9-4-2-3-5-10(9)12/h6-7,9-10H,2-5H2,1H3. The third-order valence-corrected chi connectivity index (χ3v) is 5.17. The van der Waals surface area contributed by atoms with Gasteiger partial charge in [0, 0.05) is 15.6 Å². The van der Waals surface area contributed by atoms with Crippen molar-refractivity contribution in [2.24, 2.45) is 0 Å². The van der Waals surface area contributed by atoms with Crippen LogP contribution in [0.1, 0.15) is 42.0 Å². The number of halogens is 1. The molecule has 1 aliphatic carbocycles. The number of hydrogen-bond donors (Lipinski definition) is 0. The average Bonchev–Trinajstić information content (AvgIpc) is 2.52. The molecule has 72 valence electrons. The highest BCUT2D eigenvalue weighted by Gasteiger charge is 2.25. The minimum Gasteiger partial charge on any atom is -0.148 e. The molecule has 1 fully saturated rings. The highest BCUT2D eigenvalue weighted by molar-refractivity contribution is 9.09. The molecule has 0 nitrogen and oxygen atoms in total. The van der Waals surface area contributed by atoms with Gasteiger partial charge in [-0.2, -0.15) is 0 Å². The molecule has 0 bridgehead atoms. The summed E-state index contributed by atoms with van der Waals surface area (Å²) in [4.78, 5) is 2.33. The Morgan fingerprint density at radius 3 is 2.77 bits per heavy atom. The number of thiophene rings is 1. The Morgan fingerprint density at radius 1 is 1.38 bits per heavy atom. The quantitative estimate of drug-likeness (QED) is 0.652. The molecule has 2 heteroatoms. The number of rotatable bonds is 1. The summed E-state index contributed by atoms with van der Waals surface area (Å²) in [6, 6.07) is 2.24. The first-order valence-electron chi connectivity index (χ1n) is 4.97. The molecule has 1 aromatic rings. The molecule has 1 saturated carbocycles. The Kier molecular flexibility index (Phi) is 3.10. The first-order chi connectivity index (χ1) is 6.29. The Labute approximate surface area is 92.5 Å². The molecule has 1 aliphatic rings. The van der Waals surface area contributed by atoms with E-state index in [0.717, 1.165) is 10.7 Å². The minimum atomic E-state index is 0.721. The molecule has 2 unspecified atom stereocenters. The van der Waals surface area contributed by atoms with E-state index < -0.39 is 0 Å². The van der Waals surface area contributed by atoms with Crippen LogP contribution in [0.25, 0.3) is 0 Å². The summed E-state index contributed by atoms with van der Waals surface area (Å²) in [5.41, 5.74) is 1.49. The van der Waals surface area contributed by atoms with Crippen molar-refractivity contribution in [2.75, 3.05) is 0 Å². The van der Waals surface area contributed by atoms with E-state index in [1.54, 1.807) is 4.88 Å². The van der Waals surface area contributed by atoms with Crippen molar-refractivity contribution in [3.8, 4) is 0 Å². The predicted octanol–water partition coefficient (Wildman–Crippen LogP) is 4.48. The van der Waals surface area contributed by atoms with Crippen molar-refractivity contribution in [1.29, 1.82) is 0 Å². The zero-order chi connectivity index (χ0) is 9.26. The first kappa shape index (κ1) is 9.72. The number of aryl methyl sites for hydroxylation is 1. The van der Waals surface area contributed by atoms with E-state index in [0.29, 0.717) is 0 Å². The fourth-order valence-electron chi connectivity index (χ4n) is 2.15. The van der Waals surface area contributed by atoms with Crippen molar-refractivity contribution in [3.05, 3.63) is 21.9 Å². The fraction of sp³-hybridized carbons (Fsp3) is 0.636. The van der Waals surface area contributed by atoms with Gasteiger partial charge < -0.3 is 0 Å². The lowest BCUT2D eigenvalue weighted by Crippen LogP contribution is -2.16. The second-order valence-electron chi connectivity index (χ2n) is 3.87. The van der Waals surface area contributed by atoms with Gasteiger partial charge in [0.05, 0.1) is 0 Å². The van der Waals surface area contributed by atoms with E-state index in [4.69, 9.17) is 0 Å². The van der Waals surface area contributed by atoms with Gasteiger partial charge >= 0.3 is 0 Å². The minimum absolute atomic E-state index is 0.721. The predicted molar refractivity (Wildman–Crippen MR) is 63.0 cm³/mol. The second kappa shape index (κ2) is 4.14. The smallest absolute Gasteiger partial charge is 0.0222 e. The molecular weight excluding hydrogens is 244 g/mol. The van der Waals surface area contributed by atoms with Crippen molar-refractivity contribution in [3.63, 3.8) is 0 Å². The van der Waals surface area contributed by atoms with E-state index in [2.05, 4.69) is 34.3 Å². The summed E-state index contributed by atoms with van der Waals surface area (Å²) < 4.78 is 0. The zero-order valence-corrected chi connectivity index (χ0v) is 10.3. The maximum absolute atomic E-state index is 3.82. The van der Waals surface area contributed by atoms with Gasteiger partial charge in [-0.1, -0.05) is 28.8 Å². The van der Waals surface area contributed by atoms with Crippen LogP contribution in [0.4, 0.5) is 0 Å². The van der Waals surface area contributed by atoms with Crippen LogP contribution in [0.2, 0.25) is 0 Å². The second-order valence-corrected chi connectivity index (χ2v) is 6.00. The largest absolute Gasteiger partial charge is 0.148 e. The first-order valence-corrected chi connectivity index (χ1v) is 6.76. The summed E-state index contributed by atoms with van der Waals surface area (Å²) in [6.45, 7) is 2.24. The van der Waals surface area contributed by atoms with Crippen LogP contribution < -0.4 is 0 Å². The summed E-state index contributed by atoms with van der Waals surface area (Å²) in [7, 11) is 0. The molecule has 1 heterocycles. The topological polar surface area (TPSA) is 0 Å². The van der Waals surface area contributed by atoms with E-state index in [1.165, 1.54) is 31.2 Å². The van der Waals surface area contributed by atoms with Crippen LogP contribution in [0.15, 0.2) is 11.4 Å². The summed E-state index contributed by atoms with van der Waals surface area (Å²) in [5, 5.41) is 2.22. The van der Waals surface area contributed by atoms with Gasteiger partial charge in [-0.25, -0.2) is 0 Å². The van der Waals surface area contributed by atoms with Gasteiger partial charge in [-0.05, 0) is 36.8 Å².